The van der Waals surface area contributed by atoms with Crippen molar-refractivity contribution < 1.29 is 4.79 Å². The van der Waals surface area contributed by atoms with Crippen molar-refractivity contribution in [2.24, 2.45) is 0 Å². The van der Waals surface area contributed by atoms with Crippen LogP contribution in [0, 0.1) is 13.8 Å². The van der Waals surface area contributed by atoms with E-state index in [0.29, 0.717) is 34.5 Å². The van der Waals surface area contributed by atoms with Gasteiger partial charge in [0, 0.05) is 42.3 Å². The topological polar surface area (TPSA) is 71.8 Å². The highest BCUT2D eigenvalue weighted by atomic mass is 35.5. The SMILES string of the molecule is Cc1cc(C(=O)NCCNc2ncc(Cl)cc2Cl)c(C)n1-c1nccs1. The first kappa shape index (κ1) is 18.7. The van der Waals surface area contributed by atoms with Crippen LogP contribution in [0.4, 0.5) is 5.82 Å². The molecular weight excluding hydrogens is 393 g/mol. The summed E-state index contributed by atoms with van der Waals surface area (Å²) in [6.07, 6.45) is 3.27. The molecule has 2 N–H and O–H groups in total. The van der Waals surface area contributed by atoms with Crippen LogP contribution in [0.2, 0.25) is 10.0 Å². The number of anilines is 1. The van der Waals surface area contributed by atoms with Crippen molar-refractivity contribution in [2.75, 3.05) is 18.4 Å². The number of hydrogen-bond donors (Lipinski definition) is 2. The second-order valence-corrected chi connectivity index (χ2v) is 7.32. The minimum absolute atomic E-state index is 0.127. The van der Waals surface area contributed by atoms with Gasteiger partial charge in [-0.2, -0.15) is 0 Å². The Morgan fingerprint density at radius 2 is 2.04 bits per heavy atom. The molecule has 0 spiro atoms. The fourth-order valence-corrected chi connectivity index (χ4v) is 3.81. The number of aromatic nitrogens is 3. The smallest absolute Gasteiger partial charge is 0.253 e. The summed E-state index contributed by atoms with van der Waals surface area (Å²) in [4.78, 5) is 20.9. The summed E-state index contributed by atoms with van der Waals surface area (Å²) >= 11 is 13.4. The summed E-state index contributed by atoms with van der Waals surface area (Å²) in [5.41, 5.74) is 2.48. The van der Waals surface area contributed by atoms with Crippen molar-refractivity contribution in [3.8, 4) is 5.13 Å². The predicted molar refractivity (Wildman–Crippen MR) is 106 cm³/mol. The molecule has 0 bridgehead atoms. The fraction of sp³-hybridized carbons (Fsp3) is 0.235. The van der Waals surface area contributed by atoms with E-state index in [9.17, 15) is 4.79 Å². The molecule has 0 radical (unpaired) electrons. The molecule has 0 unspecified atom stereocenters. The summed E-state index contributed by atoms with van der Waals surface area (Å²) in [7, 11) is 0. The van der Waals surface area contributed by atoms with E-state index >= 15 is 0 Å². The molecule has 0 saturated carbocycles. The van der Waals surface area contributed by atoms with Gasteiger partial charge in [-0.05, 0) is 26.0 Å². The molecular formula is C17H17Cl2N5OS. The van der Waals surface area contributed by atoms with E-state index in [4.69, 9.17) is 23.2 Å². The Morgan fingerprint density at radius 1 is 1.23 bits per heavy atom. The number of nitrogens with zero attached hydrogens (tertiary/aromatic N) is 3. The highest BCUT2D eigenvalue weighted by Crippen LogP contribution is 2.23. The Morgan fingerprint density at radius 3 is 2.73 bits per heavy atom. The zero-order valence-electron chi connectivity index (χ0n) is 14.2. The van der Waals surface area contributed by atoms with Gasteiger partial charge in [0.1, 0.15) is 5.82 Å². The van der Waals surface area contributed by atoms with Gasteiger partial charge in [-0.3, -0.25) is 9.36 Å². The Labute approximate surface area is 165 Å². The molecule has 0 aliphatic heterocycles. The minimum atomic E-state index is -0.127. The van der Waals surface area contributed by atoms with Gasteiger partial charge in [0.25, 0.3) is 5.91 Å². The maximum Gasteiger partial charge on any atom is 0.253 e. The molecule has 3 rings (SSSR count). The molecule has 3 aromatic heterocycles. The molecule has 0 atom stereocenters. The van der Waals surface area contributed by atoms with Crippen LogP contribution in [0.1, 0.15) is 21.7 Å². The number of halogens is 2. The Hall–Kier alpha value is -2.09. The van der Waals surface area contributed by atoms with Crippen LogP contribution in [-0.4, -0.2) is 33.5 Å². The van der Waals surface area contributed by atoms with Crippen LogP contribution >= 0.6 is 34.5 Å². The molecule has 6 nitrogen and oxygen atoms in total. The maximum atomic E-state index is 12.5. The standard InChI is InChI=1S/C17H17Cl2N5OS/c1-10-7-13(11(2)24(10)17-22-5-6-26-17)16(25)21-4-3-20-15-14(19)8-12(18)9-23-15/h5-9H,3-4H2,1-2H3,(H,20,23)(H,21,25). The van der Waals surface area contributed by atoms with Crippen LogP contribution < -0.4 is 10.6 Å². The highest BCUT2D eigenvalue weighted by molar-refractivity contribution is 7.12. The predicted octanol–water partition coefficient (Wildman–Crippen LogP) is 4.09. The van der Waals surface area contributed by atoms with E-state index < -0.39 is 0 Å². The van der Waals surface area contributed by atoms with Gasteiger partial charge >= 0.3 is 0 Å². The van der Waals surface area contributed by atoms with Crippen molar-refractivity contribution in [3.05, 3.63) is 56.9 Å². The van der Waals surface area contributed by atoms with E-state index in [1.165, 1.54) is 17.5 Å². The van der Waals surface area contributed by atoms with E-state index in [1.807, 2.05) is 29.9 Å². The van der Waals surface area contributed by atoms with Crippen molar-refractivity contribution in [2.45, 2.75) is 13.8 Å². The van der Waals surface area contributed by atoms with Gasteiger partial charge in [0.05, 0.1) is 15.6 Å². The van der Waals surface area contributed by atoms with Gasteiger partial charge < -0.3 is 10.6 Å². The lowest BCUT2D eigenvalue weighted by Gasteiger charge is -2.09. The second-order valence-electron chi connectivity index (χ2n) is 5.60. The largest absolute Gasteiger partial charge is 0.367 e. The quantitative estimate of drug-likeness (QED) is 0.601. The van der Waals surface area contributed by atoms with Crippen LogP contribution in [-0.2, 0) is 0 Å². The summed E-state index contributed by atoms with van der Waals surface area (Å²) in [6, 6.07) is 3.49. The van der Waals surface area contributed by atoms with Gasteiger partial charge in [-0.15, -0.1) is 11.3 Å². The molecule has 0 aromatic carbocycles. The molecule has 136 valence electrons. The molecule has 0 fully saturated rings. The number of rotatable bonds is 6. The first-order chi connectivity index (χ1) is 12.5. The average molecular weight is 410 g/mol. The van der Waals surface area contributed by atoms with Crippen LogP contribution in [0.15, 0.2) is 29.9 Å². The zero-order chi connectivity index (χ0) is 18.7. The van der Waals surface area contributed by atoms with Crippen LogP contribution in [0.5, 0.6) is 0 Å². The van der Waals surface area contributed by atoms with Gasteiger partial charge in [0.15, 0.2) is 5.13 Å². The number of amides is 1. The second kappa shape index (κ2) is 8.07. The van der Waals surface area contributed by atoms with E-state index in [-0.39, 0.29) is 5.91 Å². The number of nitrogens with one attached hydrogen (secondary N) is 2. The van der Waals surface area contributed by atoms with Crippen molar-refractivity contribution in [1.29, 1.82) is 0 Å². The maximum absolute atomic E-state index is 12.5. The Bertz CT molecular complexity index is 924. The lowest BCUT2D eigenvalue weighted by atomic mass is 10.2. The Balaban J connectivity index is 1.60. The number of hydrogen-bond acceptors (Lipinski definition) is 5. The van der Waals surface area contributed by atoms with Gasteiger partial charge in [-0.1, -0.05) is 23.2 Å². The fourth-order valence-electron chi connectivity index (χ4n) is 2.61. The monoisotopic (exact) mass is 409 g/mol. The van der Waals surface area contributed by atoms with Gasteiger partial charge in [-0.25, -0.2) is 9.97 Å². The molecule has 26 heavy (non-hydrogen) atoms. The summed E-state index contributed by atoms with van der Waals surface area (Å²) in [5, 5.41) is 9.65. The number of carbonyl (C=O) groups is 1. The number of thiazole rings is 1. The zero-order valence-corrected chi connectivity index (χ0v) is 16.5. The normalized spacial score (nSPS) is 10.8. The third-order valence-corrected chi connectivity index (χ3v) is 5.05. The Kier molecular flexibility index (Phi) is 5.80. The van der Waals surface area contributed by atoms with Crippen LogP contribution in [0.3, 0.4) is 0 Å². The molecule has 3 aromatic rings. The van der Waals surface area contributed by atoms with Gasteiger partial charge in [0.2, 0.25) is 0 Å². The lowest BCUT2D eigenvalue weighted by molar-refractivity contribution is 0.0954. The first-order valence-electron chi connectivity index (χ1n) is 7.89. The molecule has 9 heteroatoms. The summed E-state index contributed by atoms with van der Waals surface area (Å²) in [6.45, 7) is 4.80. The average Bonchev–Trinajstić information content (AvgIpc) is 3.21. The van der Waals surface area contributed by atoms with Crippen molar-refractivity contribution in [1.82, 2.24) is 19.9 Å². The summed E-state index contributed by atoms with van der Waals surface area (Å²) < 4.78 is 1.98. The number of aryl methyl sites for hydroxylation is 1. The molecule has 0 saturated heterocycles. The third-order valence-electron chi connectivity index (χ3n) is 3.80. The van der Waals surface area contributed by atoms with Crippen LogP contribution in [0.25, 0.3) is 5.13 Å². The summed E-state index contributed by atoms with van der Waals surface area (Å²) in [5.74, 6) is 0.408. The molecule has 1 amide bonds. The van der Waals surface area contributed by atoms with E-state index in [0.717, 1.165) is 16.5 Å². The van der Waals surface area contributed by atoms with Crippen molar-refractivity contribution >= 4 is 46.3 Å². The first-order valence-corrected chi connectivity index (χ1v) is 9.53. The molecule has 0 aliphatic carbocycles. The minimum Gasteiger partial charge on any atom is -0.367 e. The highest BCUT2D eigenvalue weighted by Gasteiger charge is 2.17. The number of pyridine rings is 1. The van der Waals surface area contributed by atoms with E-state index in [2.05, 4.69) is 20.6 Å². The third kappa shape index (κ3) is 4.00. The molecule has 0 aliphatic rings. The van der Waals surface area contributed by atoms with E-state index in [1.54, 1.807) is 12.3 Å². The molecule has 3 heterocycles. The lowest BCUT2D eigenvalue weighted by Crippen LogP contribution is -2.29. The number of carbonyl (C=O) groups excluding carboxylic acids is 1. The van der Waals surface area contributed by atoms with Crippen molar-refractivity contribution in [3.63, 3.8) is 0 Å².